The minimum absolute atomic E-state index is 0.0345. The molecule has 2 aromatic heterocycles. The molecule has 4 heterocycles. The first-order valence-electron chi connectivity index (χ1n) is 12.4. The average Bonchev–Trinajstić information content (AvgIpc) is 3.55. The Labute approximate surface area is 206 Å². The van der Waals surface area contributed by atoms with Crippen LogP contribution in [0.15, 0.2) is 78.1 Å². The Kier molecular flexibility index (Phi) is 5.92. The lowest BCUT2D eigenvalue weighted by Crippen LogP contribution is -2.39. The highest BCUT2D eigenvalue weighted by Crippen LogP contribution is 2.31. The summed E-state index contributed by atoms with van der Waals surface area (Å²) in [6.07, 6.45) is 9.80. The van der Waals surface area contributed by atoms with E-state index in [1.807, 2.05) is 24.3 Å². The van der Waals surface area contributed by atoms with E-state index >= 15 is 0 Å². The van der Waals surface area contributed by atoms with Crippen molar-refractivity contribution in [2.24, 2.45) is 0 Å². The predicted molar refractivity (Wildman–Crippen MR) is 141 cm³/mol. The Bertz CT molecular complexity index is 1510. The third-order valence-corrected chi connectivity index (χ3v) is 9.36. The summed E-state index contributed by atoms with van der Waals surface area (Å²) in [7, 11) is -3.60. The molecule has 6 rings (SSSR count). The largest absolute Gasteiger partial charge is 0.361 e. The molecule has 1 unspecified atom stereocenters. The van der Waals surface area contributed by atoms with Gasteiger partial charge in [0.2, 0.25) is 0 Å². The molecule has 35 heavy (non-hydrogen) atoms. The molecular weight excluding hydrogens is 456 g/mol. The average molecular weight is 487 g/mol. The number of nitrogens with zero attached hydrogens (tertiary/aromatic N) is 3. The minimum Gasteiger partial charge on any atom is -0.361 e. The Morgan fingerprint density at radius 3 is 2.71 bits per heavy atom. The number of benzene rings is 2. The topological polar surface area (TPSA) is 69.3 Å². The second-order valence-corrected chi connectivity index (χ2v) is 11.4. The molecule has 2 aliphatic rings. The number of para-hydroxylation sites is 1. The van der Waals surface area contributed by atoms with Crippen molar-refractivity contribution in [1.29, 1.82) is 0 Å². The van der Waals surface area contributed by atoms with Gasteiger partial charge >= 0.3 is 0 Å². The molecule has 2 aliphatic heterocycles. The summed E-state index contributed by atoms with van der Waals surface area (Å²) in [6.45, 7) is 3.38. The van der Waals surface area contributed by atoms with E-state index in [0.29, 0.717) is 6.54 Å². The molecule has 0 spiro atoms. The number of rotatable bonds is 6. The fourth-order valence-electron chi connectivity index (χ4n) is 5.57. The van der Waals surface area contributed by atoms with E-state index in [9.17, 15) is 8.42 Å². The van der Waals surface area contributed by atoms with Gasteiger partial charge in [-0.25, -0.2) is 13.4 Å². The van der Waals surface area contributed by atoms with Gasteiger partial charge in [-0.1, -0.05) is 48.5 Å². The van der Waals surface area contributed by atoms with Crippen molar-refractivity contribution in [3.63, 3.8) is 0 Å². The van der Waals surface area contributed by atoms with Crippen LogP contribution in [0.4, 0.5) is 0 Å². The van der Waals surface area contributed by atoms with Crippen molar-refractivity contribution >= 4 is 37.3 Å². The molecule has 1 N–H and O–H groups in total. The Balaban J connectivity index is 1.12. The molecule has 180 valence electrons. The standard InChI is InChI=1S/C28H30N4O2S/c33-35(34,28-18-22-6-1-2-7-23(22)19-30-28)32-14-5-8-24(32)13-17-31-15-11-21(12-16-31)26-20-29-27-10-4-3-9-25(26)27/h1-4,6-7,9-11,18-20,24,29H,5,8,12-17H2. The lowest BCUT2D eigenvalue weighted by atomic mass is 9.98. The molecule has 1 saturated heterocycles. The van der Waals surface area contributed by atoms with Crippen molar-refractivity contribution < 1.29 is 8.42 Å². The van der Waals surface area contributed by atoms with E-state index in [-0.39, 0.29) is 11.1 Å². The minimum atomic E-state index is -3.60. The van der Waals surface area contributed by atoms with Crippen LogP contribution < -0.4 is 0 Å². The monoisotopic (exact) mass is 486 g/mol. The van der Waals surface area contributed by atoms with Crippen LogP contribution >= 0.6 is 0 Å². The lowest BCUT2D eigenvalue weighted by Gasteiger charge is -2.29. The molecule has 0 saturated carbocycles. The van der Waals surface area contributed by atoms with E-state index in [1.54, 1.807) is 16.6 Å². The number of fused-ring (bicyclic) bond motifs is 2. The number of sulfonamides is 1. The van der Waals surface area contributed by atoms with Crippen LogP contribution in [0.5, 0.6) is 0 Å². The van der Waals surface area contributed by atoms with Crippen molar-refractivity contribution in [3.8, 4) is 0 Å². The third-order valence-electron chi connectivity index (χ3n) is 7.51. The summed E-state index contributed by atoms with van der Waals surface area (Å²) in [5.41, 5.74) is 3.87. The van der Waals surface area contributed by atoms with Gasteiger partial charge in [-0.2, -0.15) is 4.31 Å². The van der Waals surface area contributed by atoms with Crippen LogP contribution in [0, 0.1) is 0 Å². The highest BCUT2D eigenvalue weighted by molar-refractivity contribution is 7.89. The van der Waals surface area contributed by atoms with Crippen LogP contribution in [-0.2, 0) is 10.0 Å². The van der Waals surface area contributed by atoms with Crippen LogP contribution in [0.3, 0.4) is 0 Å². The van der Waals surface area contributed by atoms with Gasteiger partial charge in [0.25, 0.3) is 10.0 Å². The van der Waals surface area contributed by atoms with Gasteiger partial charge < -0.3 is 4.98 Å². The zero-order chi connectivity index (χ0) is 23.8. The van der Waals surface area contributed by atoms with E-state index in [2.05, 4.69) is 51.4 Å². The first-order valence-corrected chi connectivity index (χ1v) is 13.9. The number of hydrogen-bond acceptors (Lipinski definition) is 4. The van der Waals surface area contributed by atoms with Crippen molar-refractivity contribution in [3.05, 3.63) is 78.6 Å². The number of aromatic nitrogens is 2. The molecule has 4 aromatic rings. The smallest absolute Gasteiger partial charge is 0.260 e. The maximum atomic E-state index is 13.5. The van der Waals surface area contributed by atoms with Gasteiger partial charge in [0, 0.05) is 59.9 Å². The first-order chi connectivity index (χ1) is 17.1. The van der Waals surface area contributed by atoms with Gasteiger partial charge in [0.05, 0.1) is 0 Å². The molecule has 2 aromatic carbocycles. The third kappa shape index (κ3) is 4.29. The molecule has 0 amide bonds. The second-order valence-electron chi connectivity index (χ2n) is 9.60. The molecule has 0 aliphatic carbocycles. The molecule has 0 bridgehead atoms. The summed E-state index contributed by atoms with van der Waals surface area (Å²) < 4.78 is 28.6. The van der Waals surface area contributed by atoms with E-state index in [4.69, 9.17) is 0 Å². The van der Waals surface area contributed by atoms with Crippen LogP contribution in [0.2, 0.25) is 0 Å². The number of nitrogens with one attached hydrogen (secondary N) is 1. The number of pyridine rings is 1. The highest BCUT2D eigenvalue weighted by atomic mass is 32.2. The van der Waals surface area contributed by atoms with Crippen molar-refractivity contribution in [2.75, 3.05) is 26.2 Å². The maximum absolute atomic E-state index is 13.5. The van der Waals surface area contributed by atoms with Gasteiger partial charge in [-0.05, 0) is 55.3 Å². The fourth-order valence-corrected chi connectivity index (χ4v) is 7.24. The maximum Gasteiger partial charge on any atom is 0.260 e. The van der Waals surface area contributed by atoms with Crippen molar-refractivity contribution in [2.45, 2.75) is 36.8 Å². The zero-order valence-electron chi connectivity index (χ0n) is 19.7. The predicted octanol–water partition coefficient (Wildman–Crippen LogP) is 5.05. The second kappa shape index (κ2) is 9.22. The van der Waals surface area contributed by atoms with E-state index in [1.165, 1.54) is 22.0 Å². The summed E-state index contributed by atoms with van der Waals surface area (Å²) >= 11 is 0. The summed E-state index contributed by atoms with van der Waals surface area (Å²) in [6, 6.07) is 17.9. The Morgan fingerprint density at radius 1 is 1.03 bits per heavy atom. The first kappa shape index (κ1) is 22.5. The van der Waals surface area contributed by atoms with Crippen LogP contribution in [0.1, 0.15) is 31.2 Å². The molecule has 1 atom stereocenters. The van der Waals surface area contributed by atoms with Gasteiger partial charge in [-0.15, -0.1) is 0 Å². The summed E-state index contributed by atoms with van der Waals surface area (Å²) in [5.74, 6) is 0. The summed E-state index contributed by atoms with van der Waals surface area (Å²) in [4.78, 5) is 10.1. The summed E-state index contributed by atoms with van der Waals surface area (Å²) in [5, 5.41) is 3.30. The Hall–Kier alpha value is -3.00. The van der Waals surface area contributed by atoms with Gasteiger partial charge in [0.15, 0.2) is 5.03 Å². The molecule has 1 fully saturated rings. The van der Waals surface area contributed by atoms with Gasteiger partial charge in [0.1, 0.15) is 0 Å². The molecule has 7 heteroatoms. The lowest BCUT2D eigenvalue weighted by molar-refractivity contribution is 0.262. The molecular formula is C28H30N4O2S. The normalized spacial score (nSPS) is 20.0. The highest BCUT2D eigenvalue weighted by Gasteiger charge is 2.36. The SMILES string of the molecule is O=S(=O)(c1cc2ccccc2cn1)N1CCCC1CCN1CC=C(c2c[nH]c3ccccc23)CC1. The fraction of sp³-hybridized carbons (Fsp3) is 0.321. The zero-order valence-corrected chi connectivity index (χ0v) is 20.5. The molecule has 0 radical (unpaired) electrons. The van der Waals surface area contributed by atoms with Crippen LogP contribution in [-0.4, -0.2) is 59.8 Å². The number of H-pyrrole nitrogens is 1. The van der Waals surface area contributed by atoms with Gasteiger partial charge in [-0.3, -0.25) is 4.90 Å². The van der Waals surface area contributed by atoms with E-state index < -0.39 is 10.0 Å². The number of hydrogen-bond donors (Lipinski definition) is 1. The Morgan fingerprint density at radius 2 is 1.86 bits per heavy atom. The van der Waals surface area contributed by atoms with Crippen LogP contribution in [0.25, 0.3) is 27.2 Å². The van der Waals surface area contributed by atoms with E-state index in [0.717, 1.165) is 56.1 Å². The van der Waals surface area contributed by atoms with Crippen molar-refractivity contribution in [1.82, 2.24) is 19.2 Å². The quantitative estimate of drug-likeness (QED) is 0.414. The number of aromatic amines is 1. The molecule has 6 nitrogen and oxygen atoms in total.